The molecule has 1 saturated heterocycles. The van der Waals surface area contributed by atoms with Crippen LogP contribution in [0.5, 0.6) is 0 Å². The molecular weight excluding hydrogens is 277 g/mol. The lowest BCUT2D eigenvalue weighted by molar-refractivity contribution is 0.0894. The molecule has 1 fully saturated rings. The van der Waals surface area contributed by atoms with Gasteiger partial charge in [0.15, 0.2) is 10.8 Å². The van der Waals surface area contributed by atoms with Crippen LogP contribution >= 0.6 is 11.3 Å². The van der Waals surface area contributed by atoms with Crippen molar-refractivity contribution < 1.29 is 9.18 Å². The number of nitrogens with one attached hydrogen (secondary N) is 1. The average Bonchev–Trinajstić information content (AvgIpc) is 2.97. The van der Waals surface area contributed by atoms with Gasteiger partial charge in [0.25, 0.3) is 0 Å². The third-order valence-corrected chi connectivity index (χ3v) is 4.44. The summed E-state index contributed by atoms with van der Waals surface area (Å²) in [7, 11) is 0. The van der Waals surface area contributed by atoms with Crippen LogP contribution in [0.3, 0.4) is 0 Å². The van der Waals surface area contributed by atoms with Crippen LogP contribution in [0.1, 0.15) is 22.6 Å². The molecule has 20 heavy (non-hydrogen) atoms. The Hall–Kier alpha value is -1.66. The van der Waals surface area contributed by atoms with E-state index in [-0.39, 0.29) is 17.4 Å². The van der Waals surface area contributed by atoms with Gasteiger partial charge in [-0.05, 0) is 38.1 Å². The molecule has 104 valence electrons. The van der Waals surface area contributed by atoms with E-state index in [9.17, 15) is 9.18 Å². The minimum Gasteiger partial charge on any atom is -0.317 e. The molecule has 2 aromatic heterocycles. The number of carbonyl (C=O) groups is 1. The summed E-state index contributed by atoms with van der Waals surface area (Å²) in [6, 6.07) is 2.90. The highest BCUT2D eigenvalue weighted by Crippen LogP contribution is 2.29. The molecule has 0 atom stereocenters. The van der Waals surface area contributed by atoms with Gasteiger partial charge in [-0.2, -0.15) is 0 Å². The van der Waals surface area contributed by atoms with Crippen LogP contribution < -0.4 is 5.32 Å². The molecule has 0 bridgehead atoms. The van der Waals surface area contributed by atoms with Gasteiger partial charge in [0.1, 0.15) is 11.5 Å². The van der Waals surface area contributed by atoms with E-state index in [0.29, 0.717) is 9.88 Å². The lowest BCUT2D eigenvalue weighted by Crippen LogP contribution is -2.31. The Morgan fingerprint density at radius 1 is 1.35 bits per heavy atom. The fraction of sp³-hybridized carbons (Fsp3) is 0.357. The van der Waals surface area contributed by atoms with Gasteiger partial charge in [-0.15, -0.1) is 11.3 Å². The van der Waals surface area contributed by atoms with E-state index in [1.165, 1.54) is 29.8 Å². The summed E-state index contributed by atoms with van der Waals surface area (Å²) in [6.45, 7) is 1.73. The Kier molecular flexibility index (Phi) is 3.84. The van der Waals surface area contributed by atoms with Crippen molar-refractivity contribution in [3.8, 4) is 10.6 Å². The Balaban J connectivity index is 1.83. The lowest BCUT2D eigenvalue weighted by atomic mass is 9.94. The largest absolute Gasteiger partial charge is 0.317 e. The van der Waals surface area contributed by atoms with Crippen molar-refractivity contribution in [2.75, 3.05) is 13.1 Å². The highest BCUT2D eigenvalue weighted by Gasteiger charge is 2.25. The first-order chi connectivity index (χ1) is 9.75. The van der Waals surface area contributed by atoms with Crippen LogP contribution in [0.15, 0.2) is 24.5 Å². The van der Waals surface area contributed by atoms with Gasteiger partial charge >= 0.3 is 0 Å². The molecule has 4 nitrogen and oxygen atoms in total. The van der Waals surface area contributed by atoms with Crippen LogP contribution in [0, 0.1) is 11.7 Å². The van der Waals surface area contributed by atoms with E-state index in [1.807, 2.05) is 0 Å². The maximum atomic E-state index is 13.7. The fourth-order valence-electron chi connectivity index (χ4n) is 2.32. The van der Waals surface area contributed by atoms with Gasteiger partial charge in [0, 0.05) is 18.3 Å². The molecule has 0 saturated carbocycles. The van der Waals surface area contributed by atoms with Crippen molar-refractivity contribution in [2.45, 2.75) is 12.8 Å². The third-order valence-electron chi connectivity index (χ3n) is 3.42. The third kappa shape index (κ3) is 2.62. The molecule has 1 aliphatic heterocycles. The first-order valence-electron chi connectivity index (χ1n) is 6.57. The molecule has 6 heteroatoms. The number of pyridine rings is 1. The van der Waals surface area contributed by atoms with Gasteiger partial charge in [-0.3, -0.25) is 9.78 Å². The number of halogens is 1. The fourth-order valence-corrected chi connectivity index (χ4v) is 3.26. The number of aromatic nitrogens is 2. The summed E-state index contributed by atoms with van der Waals surface area (Å²) >= 11 is 1.22. The molecule has 0 aliphatic carbocycles. The predicted molar refractivity (Wildman–Crippen MR) is 75.2 cm³/mol. The van der Waals surface area contributed by atoms with Crippen molar-refractivity contribution >= 4 is 17.1 Å². The highest BCUT2D eigenvalue weighted by molar-refractivity contribution is 7.17. The molecule has 1 aliphatic rings. The second-order valence-electron chi connectivity index (χ2n) is 4.75. The van der Waals surface area contributed by atoms with Gasteiger partial charge in [-0.25, -0.2) is 9.37 Å². The zero-order valence-corrected chi connectivity index (χ0v) is 11.6. The summed E-state index contributed by atoms with van der Waals surface area (Å²) in [6.07, 6.45) is 4.74. The summed E-state index contributed by atoms with van der Waals surface area (Å²) < 4.78 is 13.7. The summed E-state index contributed by atoms with van der Waals surface area (Å²) in [5.74, 6) is -0.292. The standard InChI is InChI=1S/C14H14FN3OS/c15-10-2-1-5-17-12(10)11-8-18-14(20-11)13(19)9-3-6-16-7-4-9/h1-2,5,8-9,16H,3-4,6-7H2. The normalized spacial score (nSPS) is 16.2. The Morgan fingerprint density at radius 3 is 2.90 bits per heavy atom. The molecule has 3 rings (SSSR count). The Bertz CT molecular complexity index is 622. The second-order valence-corrected chi connectivity index (χ2v) is 5.78. The average molecular weight is 291 g/mol. The Labute approximate surface area is 120 Å². The van der Waals surface area contributed by atoms with Gasteiger partial charge in [0.05, 0.1) is 4.88 Å². The van der Waals surface area contributed by atoms with Crippen molar-refractivity contribution in [3.63, 3.8) is 0 Å². The van der Waals surface area contributed by atoms with Crippen molar-refractivity contribution in [1.29, 1.82) is 0 Å². The molecule has 3 heterocycles. The Morgan fingerprint density at radius 2 is 2.15 bits per heavy atom. The first-order valence-corrected chi connectivity index (χ1v) is 7.39. The van der Waals surface area contributed by atoms with Crippen LogP contribution in [-0.2, 0) is 0 Å². The minimum atomic E-state index is -0.392. The maximum absolute atomic E-state index is 13.7. The van der Waals surface area contributed by atoms with Crippen LogP contribution in [-0.4, -0.2) is 28.8 Å². The number of thiazole rings is 1. The zero-order valence-electron chi connectivity index (χ0n) is 10.8. The highest BCUT2D eigenvalue weighted by atomic mass is 32.1. The van der Waals surface area contributed by atoms with Crippen LogP contribution in [0.4, 0.5) is 4.39 Å². The van der Waals surface area contributed by atoms with E-state index in [0.717, 1.165) is 25.9 Å². The van der Waals surface area contributed by atoms with Gasteiger partial charge in [0.2, 0.25) is 0 Å². The van der Waals surface area contributed by atoms with E-state index in [1.54, 1.807) is 6.07 Å². The number of hydrogen-bond acceptors (Lipinski definition) is 5. The predicted octanol–water partition coefficient (Wildman–Crippen LogP) is 2.53. The number of carbonyl (C=O) groups excluding carboxylic acids is 1. The molecule has 0 radical (unpaired) electrons. The summed E-state index contributed by atoms with van der Waals surface area (Å²) in [4.78, 5) is 21.1. The summed E-state index contributed by atoms with van der Waals surface area (Å²) in [5, 5.41) is 3.69. The molecule has 2 aromatic rings. The smallest absolute Gasteiger partial charge is 0.194 e. The molecule has 0 spiro atoms. The zero-order chi connectivity index (χ0) is 13.9. The molecule has 1 N–H and O–H groups in total. The van der Waals surface area contributed by atoms with E-state index in [4.69, 9.17) is 0 Å². The van der Waals surface area contributed by atoms with Crippen molar-refractivity contribution in [2.24, 2.45) is 5.92 Å². The quantitative estimate of drug-likeness (QED) is 0.883. The molecule has 0 aromatic carbocycles. The molecule has 0 amide bonds. The monoisotopic (exact) mass is 291 g/mol. The van der Waals surface area contributed by atoms with Gasteiger partial charge < -0.3 is 5.32 Å². The number of piperidine rings is 1. The van der Waals surface area contributed by atoms with Crippen molar-refractivity contribution in [3.05, 3.63) is 35.4 Å². The topological polar surface area (TPSA) is 54.9 Å². The van der Waals surface area contributed by atoms with Gasteiger partial charge in [-0.1, -0.05) is 0 Å². The molecular formula is C14H14FN3OS. The van der Waals surface area contributed by atoms with E-state index in [2.05, 4.69) is 15.3 Å². The second kappa shape index (κ2) is 5.76. The number of nitrogens with zero attached hydrogens (tertiary/aromatic N) is 2. The van der Waals surface area contributed by atoms with Crippen molar-refractivity contribution in [1.82, 2.24) is 15.3 Å². The first kappa shape index (κ1) is 13.3. The summed E-state index contributed by atoms with van der Waals surface area (Å²) in [5.41, 5.74) is 0.259. The number of Topliss-reactive ketones (excluding diaryl/α,β-unsaturated/α-hetero) is 1. The van der Waals surface area contributed by atoms with E-state index < -0.39 is 5.82 Å². The number of hydrogen-bond donors (Lipinski definition) is 1. The maximum Gasteiger partial charge on any atom is 0.194 e. The van der Waals surface area contributed by atoms with E-state index >= 15 is 0 Å². The number of ketones is 1. The SMILES string of the molecule is O=C(c1ncc(-c2ncccc2F)s1)C1CCNCC1. The molecule has 0 unspecified atom stereocenters. The van der Waals surface area contributed by atoms with Crippen LogP contribution in [0.25, 0.3) is 10.6 Å². The minimum absolute atomic E-state index is 0.0313. The lowest BCUT2D eigenvalue weighted by Gasteiger charge is -2.20. The van der Waals surface area contributed by atoms with Crippen LogP contribution in [0.2, 0.25) is 0 Å². The number of rotatable bonds is 3.